The molecule has 0 radical (unpaired) electrons. The minimum absolute atomic E-state index is 0.125. The smallest absolute Gasteiger partial charge is 0.315 e. The van der Waals surface area contributed by atoms with Crippen molar-refractivity contribution in [3.8, 4) is 11.3 Å². The van der Waals surface area contributed by atoms with Crippen molar-refractivity contribution in [3.05, 3.63) is 71.1 Å². The molecule has 3 saturated heterocycles. The molecule has 1 saturated carbocycles. The second-order valence-corrected chi connectivity index (χ2v) is 14.5. The van der Waals surface area contributed by atoms with Crippen LogP contribution in [0, 0.1) is 0 Å². The van der Waals surface area contributed by atoms with Gasteiger partial charge in [-0.3, -0.25) is 19.3 Å². The summed E-state index contributed by atoms with van der Waals surface area (Å²) in [6.07, 6.45) is 4.22. The number of anilines is 1. The molecule has 1 aliphatic carbocycles. The quantitative estimate of drug-likeness (QED) is 0.235. The fourth-order valence-electron chi connectivity index (χ4n) is 7.22. The predicted molar refractivity (Wildman–Crippen MR) is 192 cm³/mol. The first-order valence-electron chi connectivity index (χ1n) is 17.9. The largest absolute Gasteiger partial charge is 0.381 e. The van der Waals surface area contributed by atoms with E-state index < -0.39 is 23.7 Å². The summed E-state index contributed by atoms with van der Waals surface area (Å²) in [5.41, 5.74) is 2.15. The van der Waals surface area contributed by atoms with Crippen LogP contribution in [0.4, 0.5) is 9.93 Å². The van der Waals surface area contributed by atoms with Gasteiger partial charge in [0, 0.05) is 67.5 Å². The van der Waals surface area contributed by atoms with E-state index in [1.165, 1.54) is 11.3 Å². The first-order valence-corrected chi connectivity index (χ1v) is 18.7. The SMILES string of the molecule is O=C(NC1CC1)N[C@@H](C(=O)N1[C@H](C(=O)Nc2nc(-c3ccc(C(=O)NCCN4CCOCC4)cc3)cs2)CCC12CCOCC2)c1ccccc1. The molecule has 3 aliphatic heterocycles. The van der Waals surface area contributed by atoms with Crippen molar-refractivity contribution in [1.29, 1.82) is 0 Å². The van der Waals surface area contributed by atoms with Gasteiger partial charge in [-0.15, -0.1) is 11.3 Å². The molecule has 2 aromatic carbocycles. The van der Waals surface area contributed by atoms with Crippen LogP contribution in [0.5, 0.6) is 0 Å². The third-order valence-electron chi connectivity index (χ3n) is 10.2. The van der Waals surface area contributed by atoms with Gasteiger partial charge in [-0.25, -0.2) is 9.78 Å². The van der Waals surface area contributed by atoms with Crippen LogP contribution >= 0.6 is 11.3 Å². The van der Waals surface area contributed by atoms with E-state index in [9.17, 15) is 19.2 Å². The zero-order chi connectivity index (χ0) is 35.2. The maximum atomic E-state index is 14.6. The van der Waals surface area contributed by atoms with Crippen LogP contribution in [-0.2, 0) is 19.1 Å². The lowest BCUT2D eigenvalue weighted by molar-refractivity contribution is -0.147. The van der Waals surface area contributed by atoms with E-state index in [0.29, 0.717) is 67.4 Å². The van der Waals surface area contributed by atoms with Gasteiger partial charge in [0.15, 0.2) is 5.13 Å². The highest BCUT2D eigenvalue weighted by Crippen LogP contribution is 2.43. The molecule has 4 heterocycles. The molecule has 4 fully saturated rings. The summed E-state index contributed by atoms with van der Waals surface area (Å²) in [6, 6.07) is 14.5. The van der Waals surface area contributed by atoms with Gasteiger partial charge in [-0.05, 0) is 56.2 Å². The molecule has 1 aromatic heterocycles. The minimum Gasteiger partial charge on any atom is -0.381 e. The van der Waals surface area contributed by atoms with Crippen molar-refractivity contribution in [2.75, 3.05) is 57.9 Å². The Bertz CT molecular complexity index is 1690. The first kappa shape index (κ1) is 35.1. The Morgan fingerprint density at radius 3 is 2.35 bits per heavy atom. The Morgan fingerprint density at radius 1 is 0.902 bits per heavy atom. The number of likely N-dealkylation sites (tertiary alicyclic amines) is 1. The summed E-state index contributed by atoms with van der Waals surface area (Å²) >= 11 is 1.30. The van der Waals surface area contributed by atoms with Gasteiger partial charge < -0.3 is 35.6 Å². The third-order valence-corrected chi connectivity index (χ3v) is 11.0. The summed E-state index contributed by atoms with van der Waals surface area (Å²) in [5.74, 6) is -0.755. The fourth-order valence-corrected chi connectivity index (χ4v) is 7.94. The van der Waals surface area contributed by atoms with Crippen molar-refractivity contribution in [3.63, 3.8) is 0 Å². The number of benzene rings is 2. The van der Waals surface area contributed by atoms with Crippen molar-refractivity contribution in [2.45, 2.75) is 62.2 Å². The molecule has 14 heteroatoms. The number of urea groups is 1. The van der Waals surface area contributed by atoms with Crippen LogP contribution < -0.4 is 21.3 Å². The molecule has 7 rings (SSSR count). The van der Waals surface area contributed by atoms with Gasteiger partial charge in [0.25, 0.3) is 11.8 Å². The average Bonchev–Trinajstić information content (AvgIpc) is 3.73. The average molecular weight is 716 g/mol. The second-order valence-electron chi connectivity index (χ2n) is 13.6. The topological polar surface area (TPSA) is 154 Å². The molecule has 51 heavy (non-hydrogen) atoms. The third kappa shape index (κ3) is 8.41. The van der Waals surface area contributed by atoms with Crippen molar-refractivity contribution >= 4 is 40.2 Å². The summed E-state index contributed by atoms with van der Waals surface area (Å²) in [6.45, 7) is 5.53. The number of nitrogens with zero attached hydrogens (tertiary/aromatic N) is 3. The summed E-state index contributed by atoms with van der Waals surface area (Å²) in [7, 11) is 0. The van der Waals surface area contributed by atoms with Crippen LogP contribution in [0.25, 0.3) is 11.3 Å². The lowest BCUT2D eigenvalue weighted by Crippen LogP contribution is -2.59. The van der Waals surface area contributed by atoms with Gasteiger partial charge in [-0.2, -0.15) is 0 Å². The molecule has 270 valence electrons. The zero-order valence-corrected chi connectivity index (χ0v) is 29.4. The highest BCUT2D eigenvalue weighted by atomic mass is 32.1. The molecule has 0 bridgehead atoms. The van der Waals surface area contributed by atoms with Gasteiger partial charge in [0.1, 0.15) is 12.1 Å². The molecule has 13 nitrogen and oxygen atoms in total. The maximum Gasteiger partial charge on any atom is 0.315 e. The molecule has 3 aromatic rings. The molecule has 2 atom stereocenters. The monoisotopic (exact) mass is 715 g/mol. The lowest BCUT2D eigenvalue weighted by atomic mass is 9.86. The number of nitrogens with one attached hydrogen (secondary N) is 4. The molecule has 4 N–H and O–H groups in total. The Morgan fingerprint density at radius 2 is 1.63 bits per heavy atom. The van der Waals surface area contributed by atoms with E-state index in [4.69, 9.17) is 9.47 Å². The molecule has 5 amide bonds. The van der Waals surface area contributed by atoms with Crippen LogP contribution in [0.2, 0.25) is 0 Å². The van der Waals surface area contributed by atoms with Gasteiger partial charge in [-0.1, -0.05) is 42.5 Å². The zero-order valence-electron chi connectivity index (χ0n) is 28.6. The summed E-state index contributed by atoms with van der Waals surface area (Å²) in [4.78, 5) is 63.0. The van der Waals surface area contributed by atoms with Gasteiger partial charge >= 0.3 is 6.03 Å². The number of aromatic nitrogens is 1. The van der Waals surface area contributed by atoms with Gasteiger partial charge in [0.05, 0.1) is 18.9 Å². The molecule has 0 unspecified atom stereocenters. The maximum absolute atomic E-state index is 14.6. The second kappa shape index (κ2) is 15.9. The molecule has 1 spiro atoms. The van der Waals surface area contributed by atoms with E-state index in [1.807, 2.05) is 47.8 Å². The van der Waals surface area contributed by atoms with Crippen LogP contribution in [0.1, 0.15) is 60.5 Å². The Labute approximate surface area is 301 Å². The van der Waals surface area contributed by atoms with Crippen LogP contribution in [0.3, 0.4) is 0 Å². The van der Waals surface area contributed by atoms with E-state index in [2.05, 4.69) is 31.2 Å². The van der Waals surface area contributed by atoms with Gasteiger partial charge in [0.2, 0.25) is 5.91 Å². The summed E-state index contributed by atoms with van der Waals surface area (Å²) < 4.78 is 11.1. The van der Waals surface area contributed by atoms with Crippen LogP contribution in [0.15, 0.2) is 60.0 Å². The van der Waals surface area contributed by atoms with Crippen molar-refractivity contribution < 1.29 is 28.7 Å². The highest BCUT2D eigenvalue weighted by molar-refractivity contribution is 7.14. The Kier molecular flexibility index (Phi) is 10.9. The predicted octanol–water partition coefficient (Wildman–Crippen LogP) is 3.55. The van der Waals surface area contributed by atoms with E-state index in [-0.39, 0.29) is 23.8 Å². The fraction of sp³-hybridized carbons (Fsp3) is 0.486. The number of carbonyl (C=O) groups excluding carboxylic acids is 4. The Hall–Kier alpha value is -4.37. The van der Waals surface area contributed by atoms with E-state index >= 15 is 0 Å². The number of hydrogen-bond acceptors (Lipinski definition) is 9. The van der Waals surface area contributed by atoms with Crippen molar-refractivity contribution in [1.82, 2.24) is 30.7 Å². The standard InChI is InChI=1S/C37H45N7O6S/c45-32(38-16-17-43-18-22-50-23-19-43)27-8-6-25(7-9-27)29-24-51-36(40-29)42-33(46)30-12-13-37(14-20-49-21-15-37)44(30)34(47)31(26-4-2-1-3-5-26)41-35(48)39-28-10-11-28/h1-9,24,28,30-31H,10-23H2,(H,38,45)(H2,39,41,48)(H,40,42,46)/t30-,31+/m0/s1. The molecular weight excluding hydrogens is 671 g/mol. The number of hydrogen-bond donors (Lipinski definition) is 4. The highest BCUT2D eigenvalue weighted by Gasteiger charge is 2.53. The normalized spacial score (nSPS) is 20.8. The number of morpholine rings is 1. The Balaban J connectivity index is 1.03. The van der Waals surface area contributed by atoms with Crippen molar-refractivity contribution in [2.24, 2.45) is 0 Å². The molecular formula is C37H45N7O6S. The number of carbonyl (C=O) groups is 4. The number of thiazole rings is 1. The van der Waals surface area contributed by atoms with E-state index in [1.54, 1.807) is 17.0 Å². The first-order chi connectivity index (χ1) is 24.9. The lowest BCUT2D eigenvalue weighted by Gasteiger charge is -2.44. The van der Waals surface area contributed by atoms with E-state index in [0.717, 1.165) is 51.3 Å². The number of ether oxygens (including phenoxy) is 2. The number of rotatable bonds is 11. The number of amides is 5. The molecule has 4 aliphatic rings. The summed E-state index contributed by atoms with van der Waals surface area (Å²) in [5, 5.41) is 14.1. The van der Waals surface area contributed by atoms with Crippen LogP contribution in [-0.4, -0.2) is 109 Å². The minimum atomic E-state index is -0.959.